The third-order valence-electron chi connectivity index (χ3n) is 5.37. The molecule has 1 fully saturated rings. The topological polar surface area (TPSA) is 21.7 Å². The number of nitrogens with zero attached hydrogens (tertiary/aromatic N) is 1. The highest BCUT2D eigenvalue weighted by molar-refractivity contribution is 7.10. The second-order valence-electron chi connectivity index (χ2n) is 7.12. The van der Waals surface area contributed by atoms with Gasteiger partial charge in [0, 0.05) is 37.2 Å². The summed E-state index contributed by atoms with van der Waals surface area (Å²) in [5.41, 5.74) is 2.45. The molecule has 0 radical (unpaired) electrons. The van der Waals surface area contributed by atoms with E-state index in [0.717, 1.165) is 51.1 Å². The Morgan fingerprint density at radius 1 is 1.11 bits per heavy atom. The van der Waals surface area contributed by atoms with Crippen LogP contribution in [0.15, 0.2) is 35.7 Å². The minimum absolute atomic E-state index is 0.175. The summed E-state index contributed by atoms with van der Waals surface area (Å²) in [5.74, 6) is 0.385. The van der Waals surface area contributed by atoms with Crippen LogP contribution in [-0.4, -0.2) is 31.0 Å². The maximum Gasteiger partial charge on any atom is 0.573 e. The van der Waals surface area contributed by atoms with Gasteiger partial charge in [-0.15, -0.1) is 24.5 Å². The van der Waals surface area contributed by atoms with Gasteiger partial charge in [-0.2, -0.15) is 0 Å². The molecule has 1 atom stereocenters. The van der Waals surface area contributed by atoms with Crippen molar-refractivity contribution in [3.8, 4) is 5.75 Å². The molecule has 0 aliphatic carbocycles. The van der Waals surface area contributed by atoms with Gasteiger partial charge < -0.3 is 9.47 Å². The van der Waals surface area contributed by atoms with Crippen LogP contribution in [0, 0.1) is 5.92 Å². The van der Waals surface area contributed by atoms with E-state index in [1.54, 1.807) is 12.1 Å². The Morgan fingerprint density at radius 3 is 2.56 bits per heavy atom. The Hall–Kier alpha value is -1.57. The molecule has 0 spiro atoms. The number of halogens is 3. The van der Waals surface area contributed by atoms with Crippen molar-refractivity contribution in [3.63, 3.8) is 0 Å². The molecule has 0 bridgehead atoms. The number of thiophene rings is 1. The number of rotatable bonds is 4. The number of hydrogen-bond acceptors (Lipinski definition) is 4. The van der Waals surface area contributed by atoms with Crippen molar-refractivity contribution in [2.75, 3.05) is 19.8 Å². The zero-order valence-corrected chi connectivity index (χ0v) is 15.7. The van der Waals surface area contributed by atoms with Gasteiger partial charge in [0.1, 0.15) is 5.75 Å². The quantitative estimate of drug-likeness (QED) is 0.710. The van der Waals surface area contributed by atoms with Crippen molar-refractivity contribution >= 4 is 11.3 Å². The smallest absolute Gasteiger partial charge is 0.406 e. The van der Waals surface area contributed by atoms with Gasteiger partial charge in [-0.1, -0.05) is 12.1 Å². The van der Waals surface area contributed by atoms with Gasteiger partial charge in [0.05, 0.1) is 0 Å². The standard InChI is InChI=1S/C20H22F3NO2S/c21-20(22,23)26-17-3-1-14(2-4-17)13-24-9-5-16-8-12-27-19(16)18(24)15-6-10-25-11-7-15/h1-4,8,12,15,18H,5-7,9-11,13H2. The molecule has 2 aromatic rings. The zero-order valence-electron chi connectivity index (χ0n) is 14.9. The van der Waals surface area contributed by atoms with E-state index in [1.165, 1.54) is 22.6 Å². The van der Waals surface area contributed by atoms with Crippen molar-refractivity contribution < 1.29 is 22.6 Å². The molecule has 146 valence electrons. The van der Waals surface area contributed by atoms with Crippen LogP contribution in [0.4, 0.5) is 13.2 Å². The molecule has 1 unspecified atom stereocenters. The largest absolute Gasteiger partial charge is 0.573 e. The van der Waals surface area contributed by atoms with Crippen molar-refractivity contribution in [1.82, 2.24) is 4.90 Å². The summed E-state index contributed by atoms with van der Waals surface area (Å²) in [6.45, 7) is 3.30. The lowest BCUT2D eigenvalue weighted by Gasteiger charge is -2.41. The van der Waals surface area contributed by atoms with E-state index in [2.05, 4.69) is 21.1 Å². The Bertz CT molecular complexity index is 753. The van der Waals surface area contributed by atoms with Gasteiger partial charge in [0.2, 0.25) is 0 Å². The fourth-order valence-corrected chi connectivity index (χ4v) is 5.32. The molecule has 0 N–H and O–H groups in total. The summed E-state index contributed by atoms with van der Waals surface area (Å²) in [7, 11) is 0. The van der Waals surface area contributed by atoms with Crippen molar-refractivity contribution in [2.45, 2.75) is 38.2 Å². The SMILES string of the molecule is FC(F)(F)Oc1ccc(CN2CCc3ccsc3C2C2CCOCC2)cc1. The fourth-order valence-electron chi connectivity index (χ4n) is 4.13. The van der Waals surface area contributed by atoms with E-state index < -0.39 is 6.36 Å². The lowest BCUT2D eigenvalue weighted by molar-refractivity contribution is -0.274. The summed E-state index contributed by atoms with van der Waals surface area (Å²) in [6, 6.07) is 8.84. The molecule has 7 heteroatoms. The lowest BCUT2D eigenvalue weighted by Crippen LogP contribution is -2.39. The highest BCUT2D eigenvalue weighted by Gasteiger charge is 2.35. The normalized spacial score (nSPS) is 21.8. The molecule has 0 amide bonds. The maximum absolute atomic E-state index is 12.3. The van der Waals surface area contributed by atoms with Crippen LogP contribution in [0.2, 0.25) is 0 Å². The molecule has 0 saturated carbocycles. The molecule has 3 heterocycles. The fraction of sp³-hybridized carbons (Fsp3) is 0.500. The van der Waals surface area contributed by atoms with Crippen LogP contribution in [0.5, 0.6) is 5.75 Å². The Labute approximate surface area is 160 Å². The number of fused-ring (bicyclic) bond motifs is 1. The summed E-state index contributed by atoms with van der Waals surface area (Å²) < 4.78 is 46.5. The van der Waals surface area contributed by atoms with Gasteiger partial charge in [0.15, 0.2) is 0 Å². The average molecular weight is 397 g/mol. The molecule has 3 nitrogen and oxygen atoms in total. The highest BCUT2D eigenvalue weighted by Crippen LogP contribution is 2.42. The van der Waals surface area contributed by atoms with E-state index in [-0.39, 0.29) is 5.75 Å². The molecule has 1 aromatic carbocycles. The van der Waals surface area contributed by atoms with Gasteiger partial charge in [-0.05, 0) is 59.9 Å². The summed E-state index contributed by atoms with van der Waals surface area (Å²) in [4.78, 5) is 3.93. The van der Waals surface area contributed by atoms with E-state index in [4.69, 9.17) is 4.74 Å². The van der Waals surface area contributed by atoms with Gasteiger partial charge in [-0.3, -0.25) is 4.90 Å². The summed E-state index contributed by atoms with van der Waals surface area (Å²) >= 11 is 1.82. The number of benzene rings is 1. The van der Waals surface area contributed by atoms with Crippen LogP contribution in [-0.2, 0) is 17.7 Å². The summed E-state index contributed by atoms with van der Waals surface area (Å²) in [5, 5.41) is 2.17. The van der Waals surface area contributed by atoms with Crippen LogP contribution in [0.25, 0.3) is 0 Å². The van der Waals surface area contributed by atoms with Crippen molar-refractivity contribution in [1.29, 1.82) is 0 Å². The first-order valence-corrected chi connectivity index (χ1v) is 10.1. The molecular formula is C20H22F3NO2S. The predicted molar refractivity (Wildman–Crippen MR) is 97.8 cm³/mol. The lowest BCUT2D eigenvalue weighted by atomic mass is 9.85. The van der Waals surface area contributed by atoms with Crippen LogP contribution >= 0.6 is 11.3 Å². The molecule has 2 aliphatic heterocycles. The number of ether oxygens (including phenoxy) is 2. The van der Waals surface area contributed by atoms with Crippen molar-refractivity contribution in [2.24, 2.45) is 5.92 Å². The molecule has 4 rings (SSSR count). The molecule has 1 aromatic heterocycles. The zero-order chi connectivity index (χ0) is 18.9. The maximum atomic E-state index is 12.3. The van der Waals surface area contributed by atoms with Gasteiger partial charge in [-0.25, -0.2) is 0 Å². The molecular weight excluding hydrogens is 375 g/mol. The molecule has 2 aliphatic rings. The third kappa shape index (κ3) is 4.47. The monoisotopic (exact) mass is 397 g/mol. The van der Waals surface area contributed by atoms with Crippen LogP contribution in [0.1, 0.15) is 34.9 Å². The van der Waals surface area contributed by atoms with Crippen LogP contribution in [0.3, 0.4) is 0 Å². The Kier molecular flexibility index (Phi) is 5.43. The first-order valence-electron chi connectivity index (χ1n) is 9.22. The first kappa shape index (κ1) is 18.8. The minimum Gasteiger partial charge on any atom is -0.406 e. The number of hydrogen-bond donors (Lipinski definition) is 0. The minimum atomic E-state index is -4.65. The Balaban J connectivity index is 1.51. The third-order valence-corrected chi connectivity index (χ3v) is 6.40. The van der Waals surface area contributed by atoms with E-state index in [1.807, 2.05) is 11.3 Å². The predicted octanol–water partition coefficient (Wildman–Crippen LogP) is 5.17. The molecule has 1 saturated heterocycles. The van der Waals surface area contributed by atoms with Gasteiger partial charge in [0.25, 0.3) is 0 Å². The van der Waals surface area contributed by atoms with Gasteiger partial charge >= 0.3 is 6.36 Å². The average Bonchev–Trinajstić information content (AvgIpc) is 3.11. The van der Waals surface area contributed by atoms with E-state index >= 15 is 0 Å². The Morgan fingerprint density at radius 2 is 1.85 bits per heavy atom. The van der Waals surface area contributed by atoms with Crippen LogP contribution < -0.4 is 4.74 Å². The summed E-state index contributed by atoms with van der Waals surface area (Å²) in [6.07, 6.45) is -1.53. The second kappa shape index (κ2) is 7.81. The highest BCUT2D eigenvalue weighted by atomic mass is 32.1. The first-order chi connectivity index (χ1) is 13.0. The molecule has 27 heavy (non-hydrogen) atoms. The van der Waals surface area contributed by atoms with Crippen molar-refractivity contribution in [3.05, 3.63) is 51.7 Å². The van der Waals surface area contributed by atoms with E-state index in [0.29, 0.717) is 12.0 Å². The van der Waals surface area contributed by atoms with E-state index in [9.17, 15) is 13.2 Å². The second-order valence-corrected chi connectivity index (χ2v) is 8.06. The number of alkyl halides is 3.